The maximum absolute atomic E-state index is 12.5. The van der Waals surface area contributed by atoms with Gasteiger partial charge in [0, 0.05) is 36.0 Å². The molecule has 0 unspecified atom stereocenters. The van der Waals surface area contributed by atoms with Gasteiger partial charge < -0.3 is 10.1 Å². The minimum atomic E-state index is -0.419. The molecule has 0 atom stereocenters. The van der Waals surface area contributed by atoms with Crippen molar-refractivity contribution in [2.75, 3.05) is 6.54 Å². The fourth-order valence-electron chi connectivity index (χ4n) is 3.32. The number of hydrogen-bond donors (Lipinski definition) is 1. The van der Waals surface area contributed by atoms with Crippen LogP contribution < -0.4 is 10.1 Å². The number of nitro groups is 1. The summed E-state index contributed by atoms with van der Waals surface area (Å²) in [5, 5.41) is 18.3. The second-order valence-electron chi connectivity index (χ2n) is 7.51. The Balaban J connectivity index is 1.51. The number of nitro benzene ring substituents is 1. The van der Waals surface area contributed by atoms with Gasteiger partial charge in [-0.05, 0) is 73.0 Å². The van der Waals surface area contributed by atoms with Crippen LogP contribution in [-0.2, 0) is 13.2 Å². The van der Waals surface area contributed by atoms with E-state index in [1.165, 1.54) is 6.07 Å². The number of aromatic nitrogens is 2. The molecule has 0 fully saturated rings. The maximum Gasteiger partial charge on any atom is 0.272 e. The summed E-state index contributed by atoms with van der Waals surface area (Å²) in [5.41, 5.74) is 4.01. The molecule has 0 spiro atoms. The van der Waals surface area contributed by atoms with E-state index in [1.807, 2.05) is 30.7 Å². The zero-order valence-electron chi connectivity index (χ0n) is 18.2. The molecule has 1 amide bonds. The number of ether oxygens (including phenoxy) is 1. The summed E-state index contributed by atoms with van der Waals surface area (Å²) < 4.78 is 8.70. The summed E-state index contributed by atoms with van der Waals surface area (Å²) >= 11 is 3.52. The maximum atomic E-state index is 12.5. The average Bonchev–Trinajstić information content (AvgIpc) is 3.01. The van der Waals surface area contributed by atoms with Crippen molar-refractivity contribution < 1.29 is 14.5 Å². The fraction of sp³-hybridized carbons (Fsp3) is 0.304. The third-order valence-corrected chi connectivity index (χ3v) is 6.23. The van der Waals surface area contributed by atoms with Gasteiger partial charge in [0.25, 0.3) is 11.6 Å². The summed E-state index contributed by atoms with van der Waals surface area (Å²) in [6.45, 7) is 7.15. The first-order valence-electron chi connectivity index (χ1n) is 10.2. The number of carbonyl (C=O) groups is 1. The van der Waals surface area contributed by atoms with E-state index in [4.69, 9.17) is 4.74 Å². The molecule has 168 valence electrons. The number of halogens is 1. The summed E-state index contributed by atoms with van der Waals surface area (Å²) in [4.78, 5) is 23.0. The van der Waals surface area contributed by atoms with E-state index in [2.05, 4.69) is 26.3 Å². The lowest BCUT2D eigenvalue weighted by Gasteiger charge is -2.10. The number of hydrogen-bond acceptors (Lipinski definition) is 5. The van der Waals surface area contributed by atoms with Crippen LogP contribution in [0.1, 0.15) is 39.3 Å². The zero-order valence-corrected chi connectivity index (χ0v) is 19.8. The first-order valence-corrected chi connectivity index (χ1v) is 11.0. The van der Waals surface area contributed by atoms with Gasteiger partial charge in [0.15, 0.2) is 0 Å². The third kappa shape index (κ3) is 5.73. The Hall–Kier alpha value is -3.20. The lowest BCUT2D eigenvalue weighted by Crippen LogP contribution is -2.25. The van der Waals surface area contributed by atoms with Crippen LogP contribution in [0, 0.1) is 30.9 Å². The van der Waals surface area contributed by atoms with Gasteiger partial charge in [0.2, 0.25) is 0 Å². The lowest BCUT2D eigenvalue weighted by molar-refractivity contribution is -0.385. The van der Waals surface area contributed by atoms with Gasteiger partial charge in [-0.1, -0.05) is 12.1 Å². The summed E-state index contributed by atoms with van der Waals surface area (Å²) in [6.07, 6.45) is 0.766. The van der Waals surface area contributed by atoms with Gasteiger partial charge in [0.1, 0.15) is 12.4 Å². The highest BCUT2D eigenvalue weighted by molar-refractivity contribution is 9.10. The number of nitrogens with zero attached hydrogens (tertiary/aromatic N) is 3. The highest BCUT2D eigenvalue weighted by atomic mass is 79.9. The van der Waals surface area contributed by atoms with Gasteiger partial charge in [0.05, 0.1) is 15.1 Å². The van der Waals surface area contributed by atoms with Crippen molar-refractivity contribution >= 4 is 27.5 Å². The molecule has 0 aliphatic heterocycles. The van der Waals surface area contributed by atoms with Crippen molar-refractivity contribution in [3.8, 4) is 5.75 Å². The first kappa shape index (κ1) is 23.5. The number of nitrogens with one attached hydrogen (secondary N) is 1. The smallest absolute Gasteiger partial charge is 0.272 e. The van der Waals surface area contributed by atoms with Crippen LogP contribution in [0.2, 0.25) is 0 Å². The van der Waals surface area contributed by atoms with E-state index in [0.29, 0.717) is 23.4 Å². The molecule has 0 bridgehead atoms. The number of rotatable bonds is 9. The van der Waals surface area contributed by atoms with Gasteiger partial charge in [-0.15, -0.1) is 0 Å². The van der Waals surface area contributed by atoms with Crippen molar-refractivity contribution in [2.24, 2.45) is 0 Å². The van der Waals surface area contributed by atoms with Gasteiger partial charge >= 0.3 is 0 Å². The van der Waals surface area contributed by atoms with Crippen LogP contribution in [0.25, 0.3) is 0 Å². The Kier molecular flexibility index (Phi) is 7.63. The minimum Gasteiger partial charge on any atom is -0.489 e. The molecule has 8 nitrogen and oxygen atoms in total. The summed E-state index contributed by atoms with van der Waals surface area (Å²) in [7, 11) is 0. The van der Waals surface area contributed by atoms with Crippen LogP contribution in [-0.4, -0.2) is 27.2 Å². The molecule has 3 aromatic rings. The number of benzene rings is 2. The van der Waals surface area contributed by atoms with Crippen LogP contribution in [0.3, 0.4) is 0 Å². The summed E-state index contributed by atoms with van der Waals surface area (Å²) in [6, 6.07) is 11.9. The second-order valence-corrected chi connectivity index (χ2v) is 8.30. The van der Waals surface area contributed by atoms with Crippen LogP contribution >= 0.6 is 15.9 Å². The highest BCUT2D eigenvalue weighted by Gasteiger charge is 2.12. The monoisotopic (exact) mass is 500 g/mol. The number of carbonyl (C=O) groups excluding carboxylic acids is 1. The average molecular weight is 501 g/mol. The van der Waals surface area contributed by atoms with E-state index in [-0.39, 0.29) is 18.2 Å². The van der Waals surface area contributed by atoms with E-state index < -0.39 is 4.92 Å². The van der Waals surface area contributed by atoms with Crippen LogP contribution in [0.15, 0.2) is 46.9 Å². The zero-order chi connectivity index (χ0) is 23.3. The van der Waals surface area contributed by atoms with Crippen molar-refractivity contribution in [3.05, 3.63) is 85.1 Å². The molecular weight excluding hydrogens is 476 g/mol. The van der Waals surface area contributed by atoms with E-state index in [0.717, 1.165) is 34.4 Å². The lowest BCUT2D eigenvalue weighted by atomic mass is 10.1. The molecule has 32 heavy (non-hydrogen) atoms. The second kappa shape index (κ2) is 10.4. The molecule has 3 rings (SSSR count). The molecule has 0 aliphatic carbocycles. The molecule has 1 heterocycles. The third-order valence-electron chi connectivity index (χ3n) is 5.09. The molecule has 1 N–H and O–H groups in total. The number of aryl methyl sites for hydroxylation is 3. The highest BCUT2D eigenvalue weighted by Crippen LogP contribution is 2.24. The first-order chi connectivity index (χ1) is 15.3. The molecular formula is C23H25BrN4O4. The predicted octanol–water partition coefficient (Wildman–Crippen LogP) is 4.88. The van der Waals surface area contributed by atoms with Crippen molar-refractivity contribution in [1.29, 1.82) is 0 Å². The SMILES string of the molecule is Cc1cc(OCc2cccc(C(=O)NCCCn3nc(C)c(Br)c3C)c2)ccc1[N+](=O)[O-]. The summed E-state index contributed by atoms with van der Waals surface area (Å²) in [5.74, 6) is 0.395. The van der Waals surface area contributed by atoms with E-state index >= 15 is 0 Å². The fourth-order valence-corrected chi connectivity index (χ4v) is 3.60. The van der Waals surface area contributed by atoms with Crippen LogP contribution in [0.5, 0.6) is 5.75 Å². The van der Waals surface area contributed by atoms with Crippen LogP contribution in [0.4, 0.5) is 5.69 Å². The Morgan fingerprint density at radius 3 is 2.66 bits per heavy atom. The molecule has 9 heteroatoms. The Morgan fingerprint density at radius 2 is 2.00 bits per heavy atom. The Labute approximate surface area is 194 Å². The van der Waals surface area contributed by atoms with Crippen molar-refractivity contribution in [2.45, 2.75) is 40.3 Å². The predicted molar refractivity (Wildman–Crippen MR) is 125 cm³/mol. The van der Waals surface area contributed by atoms with Gasteiger partial charge in [-0.2, -0.15) is 5.10 Å². The van der Waals surface area contributed by atoms with E-state index in [9.17, 15) is 14.9 Å². The van der Waals surface area contributed by atoms with Gasteiger partial charge in [-0.25, -0.2) is 0 Å². The standard InChI is InChI=1S/C23H25BrN4O4/c1-15-12-20(8-9-21(15)28(30)31)32-14-18-6-4-7-19(13-18)23(29)25-10-5-11-27-17(3)22(24)16(2)26-27/h4,6-9,12-13H,5,10-11,14H2,1-3H3,(H,25,29). The quantitative estimate of drug-likeness (QED) is 0.256. The van der Waals surface area contributed by atoms with E-state index in [1.54, 1.807) is 31.2 Å². The van der Waals surface area contributed by atoms with Crippen molar-refractivity contribution in [1.82, 2.24) is 15.1 Å². The molecule has 1 aromatic heterocycles. The normalized spacial score (nSPS) is 10.8. The molecule has 2 aromatic carbocycles. The molecule has 0 aliphatic rings. The Bertz CT molecular complexity index is 1140. The topological polar surface area (TPSA) is 99.3 Å². The van der Waals surface area contributed by atoms with Crippen molar-refractivity contribution in [3.63, 3.8) is 0 Å². The number of amides is 1. The largest absolute Gasteiger partial charge is 0.489 e. The minimum absolute atomic E-state index is 0.0569. The molecule has 0 saturated heterocycles. The van der Waals surface area contributed by atoms with Gasteiger partial charge in [-0.3, -0.25) is 19.6 Å². The molecule has 0 radical (unpaired) electrons. The molecule has 0 saturated carbocycles. The Morgan fingerprint density at radius 1 is 1.22 bits per heavy atom.